The number of rotatable bonds is 2. The molecule has 0 unspecified atom stereocenters. The molecule has 0 aliphatic heterocycles. The van der Waals surface area contributed by atoms with Gasteiger partial charge in [0.1, 0.15) is 11.5 Å². The zero-order valence-electron chi connectivity index (χ0n) is 10.4. The molecule has 0 aliphatic carbocycles. The van der Waals surface area contributed by atoms with E-state index in [0.29, 0.717) is 22.4 Å². The molecular formula is C13H15NO3. The number of aromatic amines is 1. The molecule has 0 fully saturated rings. The Morgan fingerprint density at radius 3 is 2.41 bits per heavy atom. The molecule has 4 nitrogen and oxygen atoms in total. The van der Waals surface area contributed by atoms with E-state index in [-0.39, 0.29) is 5.43 Å². The molecule has 1 N–H and O–H groups in total. The van der Waals surface area contributed by atoms with E-state index >= 15 is 0 Å². The zero-order valence-corrected chi connectivity index (χ0v) is 10.4. The van der Waals surface area contributed by atoms with Gasteiger partial charge in [0.15, 0.2) is 5.43 Å². The van der Waals surface area contributed by atoms with Gasteiger partial charge in [0.05, 0.1) is 25.1 Å². The predicted molar refractivity (Wildman–Crippen MR) is 67.1 cm³/mol. The summed E-state index contributed by atoms with van der Waals surface area (Å²) in [6, 6.07) is 3.51. The summed E-state index contributed by atoms with van der Waals surface area (Å²) in [6.07, 6.45) is 0. The van der Waals surface area contributed by atoms with Crippen molar-refractivity contribution in [3.63, 3.8) is 0 Å². The number of ether oxygens (including phenoxy) is 2. The monoisotopic (exact) mass is 233 g/mol. The molecule has 2 rings (SSSR count). The van der Waals surface area contributed by atoms with E-state index in [1.807, 2.05) is 6.92 Å². The van der Waals surface area contributed by atoms with Gasteiger partial charge in [-0.25, -0.2) is 0 Å². The smallest absolute Gasteiger partial charge is 0.196 e. The molecule has 4 heteroatoms. The van der Waals surface area contributed by atoms with Crippen LogP contribution in [0.1, 0.15) is 11.3 Å². The van der Waals surface area contributed by atoms with E-state index in [9.17, 15) is 4.79 Å². The maximum atomic E-state index is 12.2. The molecule has 0 spiro atoms. The number of methoxy groups -OCH3 is 2. The number of hydrogen-bond acceptors (Lipinski definition) is 3. The highest BCUT2D eigenvalue weighted by Crippen LogP contribution is 2.28. The van der Waals surface area contributed by atoms with Crippen LogP contribution < -0.4 is 14.9 Å². The lowest BCUT2D eigenvalue weighted by Crippen LogP contribution is -2.10. The molecule has 17 heavy (non-hydrogen) atoms. The third-order valence-electron chi connectivity index (χ3n) is 2.98. The number of pyridine rings is 1. The van der Waals surface area contributed by atoms with Gasteiger partial charge in [0.25, 0.3) is 0 Å². The summed E-state index contributed by atoms with van der Waals surface area (Å²) in [5, 5.41) is 0.566. The van der Waals surface area contributed by atoms with Gasteiger partial charge in [-0.05, 0) is 13.8 Å². The van der Waals surface area contributed by atoms with Crippen molar-refractivity contribution in [1.82, 2.24) is 4.98 Å². The van der Waals surface area contributed by atoms with Crippen LogP contribution in [-0.2, 0) is 0 Å². The lowest BCUT2D eigenvalue weighted by Gasteiger charge is -2.10. The lowest BCUT2D eigenvalue weighted by molar-refractivity contribution is 0.397. The van der Waals surface area contributed by atoms with E-state index in [0.717, 1.165) is 11.2 Å². The minimum atomic E-state index is -0.00393. The number of nitrogens with one attached hydrogen (secondary N) is 1. The van der Waals surface area contributed by atoms with Crippen molar-refractivity contribution in [2.24, 2.45) is 0 Å². The number of aromatic nitrogens is 1. The maximum absolute atomic E-state index is 12.2. The second-order valence-electron chi connectivity index (χ2n) is 3.96. The molecule has 0 atom stereocenters. The Bertz CT molecular complexity index is 629. The number of hydrogen-bond donors (Lipinski definition) is 1. The van der Waals surface area contributed by atoms with Crippen LogP contribution in [0.4, 0.5) is 0 Å². The molecule has 2 aromatic rings. The van der Waals surface area contributed by atoms with Gasteiger partial charge < -0.3 is 14.5 Å². The van der Waals surface area contributed by atoms with Crippen LogP contribution in [0, 0.1) is 13.8 Å². The summed E-state index contributed by atoms with van der Waals surface area (Å²) in [5.41, 5.74) is 2.30. The first-order valence-corrected chi connectivity index (χ1v) is 5.33. The van der Waals surface area contributed by atoms with Crippen LogP contribution >= 0.6 is 0 Å². The summed E-state index contributed by atoms with van der Waals surface area (Å²) in [7, 11) is 3.13. The van der Waals surface area contributed by atoms with E-state index in [4.69, 9.17) is 9.47 Å². The number of H-pyrrole nitrogens is 1. The molecule has 0 saturated heterocycles. The average Bonchev–Trinajstić information content (AvgIpc) is 2.34. The number of benzene rings is 1. The fraction of sp³-hybridized carbons (Fsp3) is 0.308. The predicted octanol–water partition coefficient (Wildman–Crippen LogP) is 2.16. The van der Waals surface area contributed by atoms with Crippen molar-refractivity contribution in [2.45, 2.75) is 13.8 Å². The van der Waals surface area contributed by atoms with Crippen molar-refractivity contribution in [3.8, 4) is 11.5 Å². The van der Waals surface area contributed by atoms with Gasteiger partial charge in [0, 0.05) is 23.4 Å². The molecule has 0 saturated carbocycles. The standard InChI is InChI=1S/C13H15NO3/c1-7-8(2)14-10-5-9(16-3)6-11(17-4)12(10)13(7)15/h5-6H,1-4H3,(H,14,15). The molecule has 90 valence electrons. The quantitative estimate of drug-likeness (QED) is 0.864. The molecule has 1 heterocycles. The van der Waals surface area contributed by atoms with E-state index in [1.165, 1.54) is 0 Å². The molecule has 0 radical (unpaired) electrons. The first-order chi connectivity index (χ1) is 8.08. The SMILES string of the molecule is COc1cc(OC)c2c(=O)c(C)c(C)[nH]c2c1. The van der Waals surface area contributed by atoms with Crippen LogP contribution in [-0.4, -0.2) is 19.2 Å². The Morgan fingerprint density at radius 2 is 1.82 bits per heavy atom. The van der Waals surface area contributed by atoms with Crippen LogP contribution in [0.15, 0.2) is 16.9 Å². The van der Waals surface area contributed by atoms with Crippen LogP contribution in [0.25, 0.3) is 10.9 Å². The van der Waals surface area contributed by atoms with Gasteiger partial charge in [-0.2, -0.15) is 0 Å². The van der Waals surface area contributed by atoms with Gasteiger partial charge in [-0.1, -0.05) is 0 Å². The summed E-state index contributed by atoms with van der Waals surface area (Å²) < 4.78 is 10.4. The van der Waals surface area contributed by atoms with Crippen molar-refractivity contribution >= 4 is 10.9 Å². The topological polar surface area (TPSA) is 51.3 Å². The Morgan fingerprint density at radius 1 is 1.12 bits per heavy atom. The highest BCUT2D eigenvalue weighted by molar-refractivity contribution is 5.87. The molecule has 0 aliphatic rings. The summed E-state index contributed by atoms with van der Waals surface area (Å²) in [5.74, 6) is 1.19. The summed E-state index contributed by atoms with van der Waals surface area (Å²) >= 11 is 0. The third-order valence-corrected chi connectivity index (χ3v) is 2.98. The second-order valence-corrected chi connectivity index (χ2v) is 3.96. The van der Waals surface area contributed by atoms with Crippen LogP contribution in [0.5, 0.6) is 11.5 Å². The zero-order chi connectivity index (χ0) is 12.6. The number of aryl methyl sites for hydroxylation is 1. The first kappa shape index (κ1) is 11.5. The van der Waals surface area contributed by atoms with E-state index < -0.39 is 0 Å². The Kier molecular flexibility index (Phi) is 2.79. The number of fused-ring (bicyclic) bond motifs is 1. The molecule has 0 amide bonds. The van der Waals surface area contributed by atoms with Crippen molar-refractivity contribution in [1.29, 1.82) is 0 Å². The second kappa shape index (κ2) is 4.13. The van der Waals surface area contributed by atoms with E-state index in [2.05, 4.69) is 4.98 Å². The molecule has 1 aromatic carbocycles. The normalized spacial score (nSPS) is 10.6. The summed E-state index contributed by atoms with van der Waals surface area (Å²) in [4.78, 5) is 15.4. The maximum Gasteiger partial charge on any atom is 0.196 e. The molecule has 0 bridgehead atoms. The van der Waals surface area contributed by atoms with Crippen LogP contribution in [0.3, 0.4) is 0 Å². The van der Waals surface area contributed by atoms with Gasteiger partial charge in [-0.3, -0.25) is 4.79 Å². The fourth-order valence-electron chi connectivity index (χ4n) is 1.86. The van der Waals surface area contributed by atoms with Gasteiger partial charge in [-0.15, -0.1) is 0 Å². The third kappa shape index (κ3) is 1.75. The lowest BCUT2D eigenvalue weighted by atomic mass is 10.1. The van der Waals surface area contributed by atoms with Gasteiger partial charge >= 0.3 is 0 Å². The van der Waals surface area contributed by atoms with Crippen molar-refractivity contribution < 1.29 is 9.47 Å². The molecule has 1 aromatic heterocycles. The average molecular weight is 233 g/mol. The van der Waals surface area contributed by atoms with Crippen LogP contribution in [0.2, 0.25) is 0 Å². The fourth-order valence-corrected chi connectivity index (χ4v) is 1.86. The van der Waals surface area contributed by atoms with Gasteiger partial charge in [0.2, 0.25) is 0 Å². The minimum Gasteiger partial charge on any atom is -0.497 e. The molecular weight excluding hydrogens is 218 g/mol. The Labute approximate surface area is 99.2 Å². The van der Waals surface area contributed by atoms with Crippen molar-refractivity contribution in [3.05, 3.63) is 33.6 Å². The minimum absolute atomic E-state index is 0.00393. The largest absolute Gasteiger partial charge is 0.497 e. The highest BCUT2D eigenvalue weighted by Gasteiger charge is 2.12. The first-order valence-electron chi connectivity index (χ1n) is 5.33. The Hall–Kier alpha value is -1.97. The highest BCUT2D eigenvalue weighted by atomic mass is 16.5. The van der Waals surface area contributed by atoms with E-state index in [1.54, 1.807) is 33.3 Å². The summed E-state index contributed by atoms with van der Waals surface area (Å²) in [6.45, 7) is 3.68. The Balaban J connectivity index is 2.95. The van der Waals surface area contributed by atoms with Crippen molar-refractivity contribution in [2.75, 3.05) is 14.2 Å².